The maximum absolute atomic E-state index is 9.73. The summed E-state index contributed by atoms with van der Waals surface area (Å²) < 4.78 is 10.5. The molecule has 0 aromatic heterocycles. The van der Waals surface area contributed by atoms with Crippen molar-refractivity contribution in [3.8, 4) is 11.8 Å². The van der Waals surface area contributed by atoms with E-state index in [1.807, 2.05) is 13.0 Å². The zero-order valence-corrected chi connectivity index (χ0v) is 11.3. The highest BCUT2D eigenvalue weighted by atomic mass is 16.5. The molecular formula is C14H20N2O3. The lowest BCUT2D eigenvalue weighted by Gasteiger charge is -2.15. The highest BCUT2D eigenvalue weighted by molar-refractivity contribution is 5.36. The average Bonchev–Trinajstić information content (AvgIpc) is 2.45. The largest absolute Gasteiger partial charge is 0.491 e. The fourth-order valence-corrected chi connectivity index (χ4v) is 1.44. The van der Waals surface area contributed by atoms with Crippen LogP contribution in [0.2, 0.25) is 0 Å². The molecular weight excluding hydrogens is 244 g/mol. The number of aliphatic hydroxyl groups is 1. The molecule has 0 amide bonds. The number of nitriles is 1. The molecule has 2 N–H and O–H groups in total. The predicted octanol–water partition coefficient (Wildman–Crippen LogP) is 0.922. The minimum atomic E-state index is -0.602. The quantitative estimate of drug-likeness (QED) is 0.730. The van der Waals surface area contributed by atoms with E-state index in [1.54, 1.807) is 31.4 Å². The van der Waals surface area contributed by atoms with Crippen molar-refractivity contribution in [1.29, 1.82) is 5.26 Å². The van der Waals surface area contributed by atoms with Gasteiger partial charge in [0.2, 0.25) is 0 Å². The molecule has 0 saturated carbocycles. The molecule has 0 aliphatic carbocycles. The Balaban J connectivity index is 2.26. The standard InChI is InChI=1S/C14H20N2O3/c1-11(18-2)8-16-9-13(17)10-19-14-5-3-4-12(6-14)7-15/h3-6,11,13,16-17H,8-10H2,1-2H3. The van der Waals surface area contributed by atoms with Gasteiger partial charge in [0.05, 0.1) is 17.7 Å². The molecule has 1 aromatic rings. The van der Waals surface area contributed by atoms with E-state index in [4.69, 9.17) is 14.7 Å². The van der Waals surface area contributed by atoms with Gasteiger partial charge in [-0.15, -0.1) is 0 Å². The van der Waals surface area contributed by atoms with Crippen LogP contribution in [-0.4, -0.2) is 44.1 Å². The number of nitrogens with zero attached hydrogens (tertiary/aromatic N) is 1. The lowest BCUT2D eigenvalue weighted by atomic mass is 10.2. The molecule has 0 bridgehead atoms. The first kappa shape index (κ1) is 15.4. The van der Waals surface area contributed by atoms with E-state index in [9.17, 15) is 5.11 Å². The third-order valence-corrected chi connectivity index (χ3v) is 2.62. The van der Waals surface area contributed by atoms with Gasteiger partial charge in [-0.05, 0) is 25.1 Å². The molecule has 1 aromatic carbocycles. The van der Waals surface area contributed by atoms with Crippen molar-refractivity contribution in [3.63, 3.8) is 0 Å². The summed E-state index contributed by atoms with van der Waals surface area (Å²) in [7, 11) is 1.65. The van der Waals surface area contributed by atoms with Gasteiger partial charge in [0.1, 0.15) is 18.5 Å². The van der Waals surface area contributed by atoms with Crippen LogP contribution < -0.4 is 10.1 Å². The molecule has 104 valence electrons. The number of hydrogen-bond acceptors (Lipinski definition) is 5. The van der Waals surface area contributed by atoms with Crippen LogP contribution in [0.4, 0.5) is 0 Å². The van der Waals surface area contributed by atoms with Crippen molar-refractivity contribution in [2.24, 2.45) is 0 Å². The third-order valence-electron chi connectivity index (χ3n) is 2.62. The number of hydrogen-bond donors (Lipinski definition) is 2. The van der Waals surface area contributed by atoms with Crippen LogP contribution in [-0.2, 0) is 4.74 Å². The van der Waals surface area contributed by atoms with E-state index in [1.165, 1.54) is 0 Å². The molecule has 19 heavy (non-hydrogen) atoms. The number of ether oxygens (including phenoxy) is 2. The Hall–Kier alpha value is -1.61. The lowest BCUT2D eigenvalue weighted by molar-refractivity contribution is 0.0904. The second kappa shape index (κ2) is 8.48. The van der Waals surface area contributed by atoms with Crippen LogP contribution in [0.15, 0.2) is 24.3 Å². The second-order valence-electron chi connectivity index (χ2n) is 4.31. The molecule has 2 unspecified atom stereocenters. The van der Waals surface area contributed by atoms with E-state index in [0.29, 0.717) is 24.4 Å². The fourth-order valence-electron chi connectivity index (χ4n) is 1.44. The number of rotatable bonds is 8. The Labute approximate surface area is 113 Å². The zero-order valence-electron chi connectivity index (χ0n) is 11.3. The number of benzene rings is 1. The van der Waals surface area contributed by atoms with E-state index in [2.05, 4.69) is 5.32 Å². The van der Waals surface area contributed by atoms with E-state index in [0.717, 1.165) is 0 Å². The Morgan fingerprint density at radius 1 is 1.42 bits per heavy atom. The minimum Gasteiger partial charge on any atom is -0.491 e. The molecule has 0 heterocycles. The van der Waals surface area contributed by atoms with Gasteiger partial charge in [0.15, 0.2) is 0 Å². The molecule has 0 saturated heterocycles. The van der Waals surface area contributed by atoms with Gasteiger partial charge in [0, 0.05) is 20.2 Å². The van der Waals surface area contributed by atoms with Crippen molar-refractivity contribution in [2.45, 2.75) is 19.1 Å². The first-order chi connectivity index (χ1) is 9.15. The van der Waals surface area contributed by atoms with Gasteiger partial charge in [0.25, 0.3) is 0 Å². The first-order valence-corrected chi connectivity index (χ1v) is 6.20. The lowest BCUT2D eigenvalue weighted by Crippen LogP contribution is -2.35. The molecule has 5 nitrogen and oxygen atoms in total. The number of methoxy groups -OCH3 is 1. The fraction of sp³-hybridized carbons (Fsp3) is 0.500. The summed E-state index contributed by atoms with van der Waals surface area (Å²) in [5.74, 6) is 0.586. The molecule has 0 aliphatic rings. The SMILES string of the molecule is COC(C)CNCC(O)COc1cccc(C#N)c1. The summed E-state index contributed by atoms with van der Waals surface area (Å²) in [4.78, 5) is 0. The molecule has 2 atom stereocenters. The third kappa shape index (κ3) is 6.20. The molecule has 0 aliphatic heterocycles. The van der Waals surface area contributed by atoms with E-state index in [-0.39, 0.29) is 12.7 Å². The minimum absolute atomic E-state index is 0.112. The summed E-state index contributed by atoms with van der Waals surface area (Å²) in [6, 6.07) is 8.90. The van der Waals surface area contributed by atoms with Crippen molar-refractivity contribution in [1.82, 2.24) is 5.32 Å². The summed E-state index contributed by atoms with van der Waals surface area (Å²) in [5, 5.41) is 21.6. The van der Waals surface area contributed by atoms with Gasteiger partial charge in [-0.1, -0.05) is 6.07 Å². The summed E-state index contributed by atoms with van der Waals surface area (Å²) >= 11 is 0. The first-order valence-electron chi connectivity index (χ1n) is 6.20. The van der Waals surface area contributed by atoms with Crippen molar-refractivity contribution in [2.75, 3.05) is 26.8 Å². The summed E-state index contributed by atoms with van der Waals surface area (Å²) in [5.41, 5.74) is 0.541. The summed E-state index contributed by atoms with van der Waals surface area (Å²) in [6.45, 7) is 3.25. The van der Waals surface area contributed by atoms with Crippen LogP contribution in [0.5, 0.6) is 5.75 Å². The Morgan fingerprint density at radius 3 is 2.89 bits per heavy atom. The molecule has 0 radical (unpaired) electrons. The highest BCUT2D eigenvalue weighted by Crippen LogP contribution is 2.12. The summed E-state index contributed by atoms with van der Waals surface area (Å²) in [6.07, 6.45) is -0.491. The van der Waals surface area contributed by atoms with Gasteiger partial charge in [-0.2, -0.15) is 5.26 Å². The van der Waals surface area contributed by atoms with Crippen LogP contribution >= 0.6 is 0 Å². The van der Waals surface area contributed by atoms with Crippen molar-refractivity contribution >= 4 is 0 Å². The van der Waals surface area contributed by atoms with Crippen molar-refractivity contribution in [3.05, 3.63) is 29.8 Å². The van der Waals surface area contributed by atoms with Gasteiger partial charge < -0.3 is 19.9 Å². The smallest absolute Gasteiger partial charge is 0.120 e. The van der Waals surface area contributed by atoms with Crippen LogP contribution in [0.25, 0.3) is 0 Å². The number of nitrogens with one attached hydrogen (secondary N) is 1. The predicted molar refractivity (Wildman–Crippen MR) is 72.0 cm³/mol. The van der Waals surface area contributed by atoms with Crippen LogP contribution in [0, 0.1) is 11.3 Å². The van der Waals surface area contributed by atoms with E-state index >= 15 is 0 Å². The molecule has 0 fully saturated rings. The topological polar surface area (TPSA) is 74.5 Å². The van der Waals surface area contributed by atoms with Crippen molar-refractivity contribution < 1.29 is 14.6 Å². The molecule has 1 rings (SSSR count). The Morgan fingerprint density at radius 2 is 2.21 bits per heavy atom. The monoisotopic (exact) mass is 264 g/mol. The number of aliphatic hydroxyl groups excluding tert-OH is 1. The zero-order chi connectivity index (χ0) is 14.1. The van der Waals surface area contributed by atoms with Crippen LogP contribution in [0.1, 0.15) is 12.5 Å². The Bertz CT molecular complexity index is 417. The second-order valence-corrected chi connectivity index (χ2v) is 4.31. The van der Waals surface area contributed by atoms with Crippen LogP contribution in [0.3, 0.4) is 0 Å². The molecule has 5 heteroatoms. The maximum atomic E-state index is 9.73. The van der Waals surface area contributed by atoms with Gasteiger partial charge in [-0.3, -0.25) is 0 Å². The maximum Gasteiger partial charge on any atom is 0.120 e. The highest BCUT2D eigenvalue weighted by Gasteiger charge is 2.06. The normalized spacial score (nSPS) is 13.6. The Kier molecular flexibility index (Phi) is 6.90. The average molecular weight is 264 g/mol. The van der Waals surface area contributed by atoms with E-state index < -0.39 is 6.10 Å². The molecule has 0 spiro atoms. The van der Waals surface area contributed by atoms with Gasteiger partial charge >= 0.3 is 0 Å². The van der Waals surface area contributed by atoms with Gasteiger partial charge in [-0.25, -0.2) is 0 Å².